The average Bonchev–Trinajstić information content (AvgIpc) is 2.61. The van der Waals surface area contributed by atoms with Gasteiger partial charge in [0, 0.05) is 20.1 Å². The largest absolute Gasteiger partial charge is 0.378 e. The van der Waals surface area contributed by atoms with Gasteiger partial charge in [-0.05, 0) is 19.3 Å². The summed E-state index contributed by atoms with van der Waals surface area (Å²) in [5, 5.41) is 12.3. The third-order valence-corrected chi connectivity index (χ3v) is 3.73. The van der Waals surface area contributed by atoms with Crippen molar-refractivity contribution in [3.8, 4) is 0 Å². The van der Waals surface area contributed by atoms with Gasteiger partial charge >= 0.3 is 0 Å². The predicted octanol–water partition coefficient (Wildman–Crippen LogP) is -0.426. The van der Waals surface area contributed by atoms with Gasteiger partial charge in [0.25, 0.3) is 15.2 Å². The summed E-state index contributed by atoms with van der Waals surface area (Å²) in [6.45, 7) is 0.755. The van der Waals surface area contributed by atoms with Crippen LogP contribution in [0.25, 0.3) is 0 Å². The lowest BCUT2D eigenvalue weighted by molar-refractivity contribution is 0.0152. The number of nitrogens with zero attached hydrogens (tertiary/aromatic N) is 3. The lowest BCUT2D eigenvalue weighted by Gasteiger charge is -2.21. The molecule has 8 heteroatoms. The fourth-order valence-electron chi connectivity index (χ4n) is 1.94. The molecule has 0 aliphatic carbocycles. The Bertz CT molecular complexity index is 490. The molecule has 0 amide bonds. The summed E-state index contributed by atoms with van der Waals surface area (Å²) in [6.07, 6.45) is 3.85. The van der Waals surface area contributed by atoms with E-state index in [4.69, 9.17) is 9.88 Å². The van der Waals surface area contributed by atoms with Gasteiger partial charge in [0.05, 0.1) is 6.10 Å². The standard InChI is InChI=1S/C9H16N4O3S/c1-13-8(6-7-4-2-3-5-16-7)11-12-9(13)17(10,14)15/h7H,2-6H2,1H3,(H2,10,14,15). The van der Waals surface area contributed by atoms with Crippen LogP contribution in [0.2, 0.25) is 0 Å². The molecule has 0 aromatic carbocycles. The van der Waals surface area contributed by atoms with E-state index in [1.807, 2.05) is 0 Å². The van der Waals surface area contributed by atoms with E-state index in [2.05, 4.69) is 10.2 Å². The maximum absolute atomic E-state index is 11.2. The Balaban J connectivity index is 2.14. The van der Waals surface area contributed by atoms with E-state index in [1.54, 1.807) is 7.05 Å². The second kappa shape index (κ2) is 4.71. The normalized spacial score (nSPS) is 21.6. The van der Waals surface area contributed by atoms with Crippen LogP contribution in [0.1, 0.15) is 25.1 Å². The molecule has 1 aromatic heterocycles. The first kappa shape index (κ1) is 12.5. The van der Waals surface area contributed by atoms with E-state index in [0.717, 1.165) is 25.9 Å². The molecule has 17 heavy (non-hydrogen) atoms. The molecule has 1 saturated heterocycles. The van der Waals surface area contributed by atoms with E-state index in [9.17, 15) is 8.42 Å². The molecule has 2 heterocycles. The number of ether oxygens (including phenoxy) is 1. The number of rotatable bonds is 3. The van der Waals surface area contributed by atoms with Crippen LogP contribution in [0, 0.1) is 0 Å². The Morgan fingerprint density at radius 1 is 1.47 bits per heavy atom. The smallest absolute Gasteiger partial charge is 0.273 e. The third-order valence-electron chi connectivity index (χ3n) is 2.86. The number of aromatic nitrogens is 3. The van der Waals surface area contributed by atoms with Gasteiger partial charge < -0.3 is 9.30 Å². The summed E-state index contributed by atoms with van der Waals surface area (Å²) in [7, 11) is -2.21. The van der Waals surface area contributed by atoms with Gasteiger partial charge in [0.15, 0.2) is 0 Å². The van der Waals surface area contributed by atoms with Crippen LogP contribution in [0.15, 0.2) is 5.16 Å². The number of hydrogen-bond donors (Lipinski definition) is 1. The van der Waals surface area contributed by atoms with Gasteiger partial charge in [-0.2, -0.15) is 0 Å². The fraction of sp³-hybridized carbons (Fsp3) is 0.778. The van der Waals surface area contributed by atoms with Crippen molar-refractivity contribution in [3.63, 3.8) is 0 Å². The molecule has 1 aliphatic heterocycles. The monoisotopic (exact) mass is 260 g/mol. The minimum atomic E-state index is -3.80. The van der Waals surface area contributed by atoms with Crippen LogP contribution in [0.3, 0.4) is 0 Å². The number of nitrogens with two attached hydrogens (primary N) is 1. The van der Waals surface area contributed by atoms with E-state index >= 15 is 0 Å². The zero-order valence-corrected chi connectivity index (χ0v) is 10.5. The van der Waals surface area contributed by atoms with E-state index in [1.165, 1.54) is 4.57 Å². The quantitative estimate of drug-likeness (QED) is 0.795. The molecule has 1 atom stereocenters. The summed E-state index contributed by atoms with van der Waals surface area (Å²) in [4.78, 5) is 0. The van der Waals surface area contributed by atoms with Gasteiger partial charge in [-0.15, -0.1) is 10.2 Å². The SMILES string of the molecule is Cn1c(CC2CCCCO2)nnc1S(N)(=O)=O. The van der Waals surface area contributed by atoms with Gasteiger partial charge in [-0.3, -0.25) is 0 Å². The molecule has 1 fully saturated rings. The van der Waals surface area contributed by atoms with Crippen LogP contribution < -0.4 is 5.14 Å². The summed E-state index contributed by atoms with van der Waals surface area (Å²) >= 11 is 0. The van der Waals surface area contributed by atoms with Gasteiger partial charge in [-0.25, -0.2) is 13.6 Å². The molecule has 7 nitrogen and oxygen atoms in total. The van der Waals surface area contributed by atoms with Crippen molar-refractivity contribution in [3.05, 3.63) is 5.82 Å². The molecule has 0 bridgehead atoms. The molecular weight excluding hydrogens is 244 g/mol. The molecule has 0 spiro atoms. The molecule has 2 rings (SSSR count). The van der Waals surface area contributed by atoms with Crippen LogP contribution in [-0.2, 0) is 28.2 Å². The second-order valence-electron chi connectivity index (χ2n) is 4.20. The molecule has 2 N–H and O–H groups in total. The first-order valence-electron chi connectivity index (χ1n) is 5.51. The van der Waals surface area contributed by atoms with Crippen molar-refractivity contribution in [2.45, 2.75) is 36.9 Å². The summed E-state index contributed by atoms with van der Waals surface area (Å²) < 4.78 is 29.3. The Morgan fingerprint density at radius 3 is 2.76 bits per heavy atom. The van der Waals surface area contributed by atoms with Crippen molar-refractivity contribution in [1.29, 1.82) is 0 Å². The Hall–Kier alpha value is -0.990. The molecule has 1 aliphatic rings. The van der Waals surface area contributed by atoms with Gasteiger partial charge in [0.2, 0.25) is 0 Å². The molecule has 0 saturated carbocycles. The zero-order valence-electron chi connectivity index (χ0n) is 9.66. The van der Waals surface area contributed by atoms with Crippen molar-refractivity contribution in [2.24, 2.45) is 12.2 Å². The minimum absolute atomic E-state index is 0.0972. The number of sulfonamides is 1. The maximum Gasteiger partial charge on any atom is 0.273 e. The highest BCUT2D eigenvalue weighted by atomic mass is 32.2. The van der Waals surface area contributed by atoms with Crippen molar-refractivity contribution in [2.75, 3.05) is 6.61 Å². The van der Waals surface area contributed by atoms with Crippen LogP contribution in [0.4, 0.5) is 0 Å². The van der Waals surface area contributed by atoms with E-state index in [-0.39, 0.29) is 11.3 Å². The Kier molecular flexibility index (Phi) is 3.45. The molecule has 1 aromatic rings. The fourth-order valence-corrected chi connectivity index (χ4v) is 2.58. The molecule has 96 valence electrons. The molecule has 0 radical (unpaired) electrons. The van der Waals surface area contributed by atoms with Gasteiger partial charge in [0.1, 0.15) is 5.82 Å². The second-order valence-corrected chi connectivity index (χ2v) is 5.65. The predicted molar refractivity (Wildman–Crippen MR) is 59.7 cm³/mol. The third kappa shape index (κ3) is 2.82. The first-order valence-corrected chi connectivity index (χ1v) is 7.06. The van der Waals surface area contributed by atoms with Crippen molar-refractivity contribution in [1.82, 2.24) is 14.8 Å². The minimum Gasteiger partial charge on any atom is -0.378 e. The van der Waals surface area contributed by atoms with E-state index in [0.29, 0.717) is 12.2 Å². The van der Waals surface area contributed by atoms with Gasteiger partial charge in [-0.1, -0.05) is 0 Å². The maximum atomic E-state index is 11.2. The Labute approximate surface area is 100 Å². The van der Waals surface area contributed by atoms with E-state index < -0.39 is 10.0 Å². The summed E-state index contributed by atoms with van der Waals surface area (Å²) in [6, 6.07) is 0. The van der Waals surface area contributed by atoms with Crippen molar-refractivity contribution < 1.29 is 13.2 Å². The van der Waals surface area contributed by atoms with Crippen molar-refractivity contribution >= 4 is 10.0 Å². The van der Waals surface area contributed by atoms with Crippen LogP contribution in [-0.4, -0.2) is 35.9 Å². The lowest BCUT2D eigenvalue weighted by atomic mass is 10.1. The summed E-state index contributed by atoms with van der Waals surface area (Å²) in [5.41, 5.74) is 0. The highest BCUT2D eigenvalue weighted by Crippen LogP contribution is 2.17. The van der Waals surface area contributed by atoms with Crippen LogP contribution >= 0.6 is 0 Å². The van der Waals surface area contributed by atoms with Crippen LogP contribution in [0.5, 0.6) is 0 Å². The average molecular weight is 260 g/mol. The molecule has 1 unspecified atom stereocenters. The Morgan fingerprint density at radius 2 is 2.24 bits per heavy atom. The zero-order chi connectivity index (χ0) is 12.5. The topological polar surface area (TPSA) is 100 Å². The number of hydrogen-bond acceptors (Lipinski definition) is 5. The summed E-state index contributed by atoms with van der Waals surface area (Å²) in [5.74, 6) is 0.584. The number of primary sulfonamides is 1. The lowest BCUT2D eigenvalue weighted by Crippen LogP contribution is -2.23. The first-order chi connectivity index (χ1) is 7.98. The highest BCUT2D eigenvalue weighted by Gasteiger charge is 2.22. The highest BCUT2D eigenvalue weighted by molar-refractivity contribution is 7.89. The molecular formula is C9H16N4O3S.